The average Bonchev–Trinajstić information content (AvgIpc) is 2.94. The number of fused-ring (bicyclic) bond motifs is 1. The van der Waals surface area contributed by atoms with Crippen LogP contribution in [0.2, 0.25) is 0 Å². The van der Waals surface area contributed by atoms with E-state index in [9.17, 15) is 4.39 Å². The minimum absolute atomic E-state index is 0.119. The Balaban J connectivity index is 1.83. The molecule has 3 aromatic rings. The SMILES string of the molecule is COc1ccc(C(C)Nc2ccc3sccc3c2)c(F)c1. The molecule has 0 amide bonds. The maximum absolute atomic E-state index is 14.1. The van der Waals surface area contributed by atoms with Crippen LogP contribution in [0.3, 0.4) is 0 Å². The molecule has 0 saturated heterocycles. The van der Waals surface area contributed by atoms with E-state index in [0.29, 0.717) is 11.3 Å². The molecule has 1 aromatic heterocycles. The lowest BCUT2D eigenvalue weighted by Gasteiger charge is -2.17. The summed E-state index contributed by atoms with van der Waals surface area (Å²) in [6.07, 6.45) is 0. The number of rotatable bonds is 4. The maximum atomic E-state index is 14.1. The zero-order valence-electron chi connectivity index (χ0n) is 11.9. The third-order valence-corrected chi connectivity index (χ3v) is 4.41. The predicted octanol–water partition coefficient (Wildman–Crippen LogP) is 5.22. The number of methoxy groups -OCH3 is 1. The highest BCUT2D eigenvalue weighted by molar-refractivity contribution is 7.17. The molecule has 21 heavy (non-hydrogen) atoms. The number of hydrogen-bond acceptors (Lipinski definition) is 3. The molecule has 1 heterocycles. The van der Waals surface area contributed by atoms with E-state index in [0.717, 1.165) is 5.69 Å². The van der Waals surface area contributed by atoms with Gasteiger partial charge in [-0.15, -0.1) is 11.3 Å². The highest BCUT2D eigenvalue weighted by Crippen LogP contribution is 2.28. The van der Waals surface area contributed by atoms with E-state index >= 15 is 0 Å². The standard InChI is InChI=1S/C17H16FNOS/c1-11(15-5-4-14(20-2)10-16(15)18)19-13-3-6-17-12(9-13)7-8-21-17/h3-11,19H,1-2H3. The van der Waals surface area contributed by atoms with Gasteiger partial charge in [0.25, 0.3) is 0 Å². The summed E-state index contributed by atoms with van der Waals surface area (Å²) in [7, 11) is 1.53. The monoisotopic (exact) mass is 301 g/mol. The summed E-state index contributed by atoms with van der Waals surface area (Å²) in [5.74, 6) is 0.272. The summed E-state index contributed by atoms with van der Waals surface area (Å²) in [5.41, 5.74) is 1.62. The van der Waals surface area contributed by atoms with Crippen molar-refractivity contribution < 1.29 is 9.13 Å². The second-order valence-corrected chi connectivity index (χ2v) is 5.87. The summed E-state index contributed by atoms with van der Waals surface area (Å²) < 4.78 is 20.4. The van der Waals surface area contributed by atoms with Crippen LogP contribution in [0, 0.1) is 5.82 Å². The second-order valence-electron chi connectivity index (χ2n) is 4.93. The topological polar surface area (TPSA) is 21.3 Å². The van der Waals surface area contributed by atoms with Crippen molar-refractivity contribution >= 4 is 27.1 Å². The first-order valence-electron chi connectivity index (χ1n) is 6.74. The lowest BCUT2D eigenvalue weighted by molar-refractivity contribution is 0.410. The van der Waals surface area contributed by atoms with E-state index in [1.54, 1.807) is 23.5 Å². The first kappa shape index (κ1) is 13.9. The molecule has 0 aliphatic carbocycles. The minimum atomic E-state index is -0.258. The number of anilines is 1. The Bertz CT molecular complexity index is 768. The van der Waals surface area contributed by atoms with Gasteiger partial charge in [0, 0.05) is 22.0 Å². The summed E-state index contributed by atoms with van der Waals surface area (Å²) >= 11 is 1.72. The van der Waals surface area contributed by atoms with Crippen molar-refractivity contribution in [3.8, 4) is 5.75 Å². The third-order valence-electron chi connectivity index (χ3n) is 3.51. The molecule has 1 atom stereocenters. The zero-order chi connectivity index (χ0) is 14.8. The van der Waals surface area contributed by atoms with Gasteiger partial charge in [0.2, 0.25) is 0 Å². The molecule has 2 nitrogen and oxygen atoms in total. The lowest BCUT2D eigenvalue weighted by atomic mass is 10.1. The number of nitrogens with one attached hydrogen (secondary N) is 1. The van der Waals surface area contributed by atoms with E-state index in [-0.39, 0.29) is 11.9 Å². The first-order valence-corrected chi connectivity index (χ1v) is 7.62. The van der Waals surface area contributed by atoms with Crippen LogP contribution >= 0.6 is 11.3 Å². The van der Waals surface area contributed by atoms with Gasteiger partial charge in [0.15, 0.2) is 0 Å². The number of ether oxygens (including phenoxy) is 1. The van der Waals surface area contributed by atoms with Crippen LogP contribution in [0.5, 0.6) is 5.75 Å². The van der Waals surface area contributed by atoms with Gasteiger partial charge in [-0.2, -0.15) is 0 Å². The van der Waals surface area contributed by atoms with Gasteiger partial charge in [0.1, 0.15) is 11.6 Å². The van der Waals surface area contributed by atoms with Gasteiger partial charge in [-0.3, -0.25) is 0 Å². The van der Waals surface area contributed by atoms with Crippen molar-refractivity contribution in [2.75, 3.05) is 12.4 Å². The van der Waals surface area contributed by atoms with Crippen LogP contribution in [0.25, 0.3) is 10.1 Å². The Hall–Kier alpha value is -2.07. The molecular weight excluding hydrogens is 285 g/mol. The van der Waals surface area contributed by atoms with Crippen LogP contribution in [-0.4, -0.2) is 7.11 Å². The molecule has 2 aromatic carbocycles. The van der Waals surface area contributed by atoms with E-state index in [2.05, 4.69) is 28.9 Å². The van der Waals surface area contributed by atoms with Crippen molar-refractivity contribution in [3.05, 3.63) is 59.2 Å². The molecule has 0 radical (unpaired) electrons. The molecule has 0 aliphatic heterocycles. The second kappa shape index (κ2) is 5.74. The maximum Gasteiger partial charge on any atom is 0.132 e. The quantitative estimate of drug-likeness (QED) is 0.713. The summed E-state index contributed by atoms with van der Waals surface area (Å²) in [5, 5.41) is 6.61. The van der Waals surface area contributed by atoms with Crippen LogP contribution in [0.15, 0.2) is 47.8 Å². The molecule has 108 valence electrons. The van der Waals surface area contributed by atoms with Crippen LogP contribution in [-0.2, 0) is 0 Å². The summed E-state index contributed by atoms with van der Waals surface area (Å²) in [6, 6.07) is 13.1. The van der Waals surface area contributed by atoms with Gasteiger partial charge in [0.05, 0.1) is 13.2 Å². The van der Waals surface area contributed by atoms with Gasteiger partial charge < -0.3 is 10.1 Å². The van der Waals surface area contributed by atoms with Gasteiger partial charge in [-0.1, -0.05) is 6.07 Å². The molecule has 0 bridgehead atoms. The van der Waals surface area contributed by atoms with E-state index in [4.69, 9.17) is 4.74 Å². The molecule has 3 rings (SSSR count). The van der Waals surface area contributed by atoms with Crippen molar-refractivity contribution in [1.82, 2.24) is 0 Å². The summed E-state index contributed by atoms with van der Waals surface area (Å²) in [6.45, 7) is 1.95. The van der Waals surface area contributed by atoms with Crippen molar-refractivity contribution in [1.29, 1.82) is 0 Å². The average molecular weight is 301 g/mol. The lowest BCUT2D eigenvalue weighted by Crippen LogP contribution is -2.08. The molecule has 4 heteroatoms. The predicted molar refractivity (Wildman–Crippen MR) is 86.8 cm³/mol. The van der Waals surface area contributed by atoms with Gasteiger partial charge >= 0.3 is 0 Å². The van der Waals surface area contributed by atoms with Crippen LogP contribution < -0.4 is 10.1 Å². The summed E-state index contributed by atoms with van der Waals surface area (Å²) in [4.78, 5) is 0. The van der Waals surface area contributed by atoms with Gasteiger partial charge in [-0.25, -0.2) is 4.39 Å². The number of thiophene rings is 1. The van der Waals surface area contributed by atoms with Gasteiger partial charge in [-0.05, 0) is 48.0 Å². The van der Waals surface area contributed by atoms with Crippen molar-refractivity contribution in [3.63, 3.8) is 0 Å². The van der Waals surface area contributed by atoms with E-state index < -0.39 is 0 Å². The highest BCUT2D eigenvalue weighted by Gasteiger charge is 2.12. The Kier molecular flexibility index (Phi) is 3.80. The van der Waals surface area contributed by atoms with Crippen LogP contribution in [0.1, 0.15) is 18.5 Å². The Morgan fingerprint density at radius 3 is 2.76 bits per heavy atom. The fraction of sp³-hybridized carbons (Fsp3) is 0.176. The largest absolute Gasteiger partial charge is 0.497 e. The molecular formula is C17H16FNOS. The van der Waals surface area contributed by atoms with E-state index in [1.165, 1.54) is 23.3 Å². The molecule has 1 unspecified atom stereocenters. The molecule has 1 N–H and O–H groups in total. The van der Waals surface area contributed by atoms with Crippen LogP contribution in [0.4, 0.5) is 10.1 Å². The Morgan fingerprint density at radius 1 is 1.14 bits per heavy atom. The number of hydrogen-bond donors (Lipinski definition) is 1. The third kappa shape index (κ3) is 2.85. The van der Waals surface area contributed by atoms with E-state index in [1.807, 2.05) is 13.0 Å². The Morgan fingerprint density at radius 2 is 2.00 bits per heavy atom. The zero-order valence-corrected chi connectivity index (χ0v) is 12.7. The van der Waals surface area contributed by atoms with Crippen molar-refractivity contribution in [2.24, 2.45) is 0 Å². The molecule has 0 spiro atoms. The molecule has 0 saturated carbocycles. The number of halogens is 1. The fourth-order valence-corrected chi connectivity index (χ4v) is 3.14. The molecule has 0 aliphatic rings. The first-order chi connectivity index (χ1) is 10.2. The Labute approximate surface area is 127 Å². The highest BCUT2D eigenvalue weighted by atomic mass is 32.1. The fourth-order valence-electron chi connectivity index (χ4n) is 2.37. The normalized spacial score (nSPS) is 12.3. The van der Waals surface area contributed by atoms with Crippen molar-refractivity contribution in [2.45, 2.75) is 13.0 Å². The minimum Gasteiger partial charge on any atom is -0.497 e. The molecule has 0 fully saturated rings. The smallest absolute Gasteiger partial charge is 0.132 e. The number of benzene rings is 2.